The van der Waals surface area contributed by atoms with Gasteiger partial charge in [0.25, 0.3) is 5.91 Å². The van der Waals surface area contributed by atoms with Crippen LogP contribution in [0.15, 0.2) is 65.4 Å². The summed E-state index contributed by atoms with van der Waals surface area (Å²) in [6.45, 7) is 5.05. The predicted molar refractivity (Wildman–Crippen MR) is 115 cm³/mol. The van der Waals surface area contributed by atoms with Crippen LogP contribution in [-0.2, 0) is 6.54 Å². The minimum Gasteiger partial charge on any atom is -0.467 e. The maximum absolute atomic E-state index is 12.6. The molecule has 1 aromatic carbocycles. The second-order valence-corrected chi connectivity index (χ2v) is 7.53. The second-order valence-electron chi connectivity index (χ2n) is 7.53. The van der Waals surface area contributed by atoms with Crippen molar-refractivity contribution in [2.45, 2.75) is 26.3 Å². The van der Waals surface area contributed by atoms with E-state index in [1.807, 2.05) is 30.3 Å². The minimum absolute atomic E-state index is 0.230. The first-order valence-electron chi connectivity index (χ1n) is 10.1. The average Bonchev–Trinajstić information content (AvgIpc) is 3.27. The van der Waals surface area contributed by atoms with Crippen molar-refractivity contribution in [3.8, 4) is 0 Å². The Morgan fingerprint density at radius 3 is 2.66 bits per heavy atom. The van der Waals surface area contributed by atoms with Crippen molar-refractivity contribution in [1.82, 2.24) is 4.98 Å². The van der Waals surface area contributed by atoms with Crippen LogP contribution in [0.3, 0.4) is 0 Å². The number of amides is 1. The molecular formula is C23H26N4O2. The van der Waals surface area contributed by atoms with Crippen LogP contribution in [-0.4, -0.2) is 24.0 Å². The molecule has 0 bridgehead atoms. The number of nitrogens with zero attached hydrogens (tertiary/aromatic N) is 2. The molecular weight excluding hydrogens is 364 g/mol. The molecule has 0 aliphatic carbocycles. The number of aromatic nitrogens is 1. The van der Waals surface area contributed by atoms with E-state index in [-0.39, 0.29) is 5.91 Å². The van der Waals surface area contributed by atoms with Gasteiger partial charge in [-0.3, -0.25) is 9.78 Å². The number of carbonyl (C=O) groups is 1. The normalized spacial score (nSPS) is 14.6. The van der Waals surface area contributed by atoms with Crippen molar-refractivity contribution in [2.75, 3.05) is 28.6 Å². The van der Waals surface area contributed by atoms with Crippen LogP contribution in [0.2, 0.25) is 0 Å². The fourth-order valence-corrected chi connectivity index (χ4v) is 3.48. The van der Waals surface area contributed by atoms with Crippen LogP contribution in [0.1, 0.15) is 36.0 Å². The Morgan fingerprint density at radius 2 is 1.93 bits per heavy atom. The van der Waals surface area contributed by atoms with E-state index in [1.165, 1.54) is 18.5 Å². The summed E-state index contributed by atoms with van der Waals surface area (Å²) in [5.74, 6) is 1.41. The summed E-state index contributed by atoms with van der Waals surface area (Å²) >= 11 is 0. The van der Waals surface area contributed by atoms with E-state index in [0.29, 0.717) is 12.2 Å². The highest BCUT2D eigenvalue weighted by Gasteiger charge is 2.16. The topological polar surface area (TPSA) is 70.4 Å². The fourth-order valence-electron chi connectivity index (χ4n) is 3.48. The lowest BCUT2D eigenvalue weighted by Gasteiger charge is -2.32. The molecule has 0 unspecified atom stereocenters. The van der Waals surface area contributed by atoms with E-state index in [0.717, 1.165) is 36.1 Å². The molecule has 1 aliphatic rings. The van der Waals surface area contributed by atoms with Gasteiger partial charge in [0.1, 0.15) is 11.5 Å². The number of furan rings is 1. The van der Waals surface area contributed by atoms with Gasteiger partial charge in [0.05, 0.1) is 12.8 Å². The quantitative estimate of drug-likeness (QED) is 0.634. The first-order valence-corrected chi connectivity index (χ1v) is 10.1. The molecule has 6 heteroatoms. The number of nitrogens with one attached hydrogen (secondary N) is 2. The third-order valence-electron chi connectivity index (χ3n) is 5.31. The van der Waals surface area contributed by atoms with Gasteiger partial charge in [-0.25, -0.2) is 0 Å². The van der Waals surface area contributed by atoms with Crippen LogP contribution >= 0.6 is 0 Å². The Bertz CT molecular complexity index is 930. The Morgan fingerprint density at radius 1 is 1.14 bits per heavy atom. The zero-order valence-electron chi connectivity index (χ0n) is 16.6. The van der Waals surface area contributed by atoms with Crippen molar-refractivity contribution in [3.05, 3.63) is 72.4 Å². The zero-order chi connectivity index (χ0) is 20.1. The first-order chi connectivity index (χ1) is 14.2. The maximum atomic E-state index is 12.6. The lowest BCUT2D eigenvalue weighted by atomic mass is 9.99. The number of carbonyl (C=O) groups excluding carboxylic acids is 1. The average molecular weight is 390 g/mol. The molecule has 0 atom stereocenters. The third kappa shape index (κ3) is 4.96. The summed E-state index contributed by atoms with van der Waals surface area (Å²) in [4.78, 5) is 19.2. The highest BCUT2D eigenvalue weighted by atomic mass is 16.3. The molecule has 2 N–H and O–H groups in total. The molecule has 1 fully saturated rings. The maximum Gasteiger partial charge on any atom is 0.274 e. The van der Waals surface area contributed by atoms with Gasteiger partial charge in [0.15, 0.2) is 0 Å². The van der Waals surface area contributed by atoms with Crippen molar-refractivity contribution in [3.63, 3.8) is 0 Å². The van der Waals surface area contributed by atoms with E-state index in [1.54, 1.807) is 18.5 Å². The number of rotatable bonds is 6. The van der Waals surface area contributed by atoms with E-state index in [9.17, 15) is 4.79 Å². The Kier molecular flexibility index (Phi) is 5.79. The molecule has 0 radical (unpaired) electrons. The summed E-state index contributed by atoms with van der Waals surface area (Å²) in [6.07, 6.45) is 5.72. The molecule has 2 aromatic heterocycles. The molecule has 4 rings (SSSR count). The summed E-state index contributed by atoms with van der Waals surface area (Å²) in [6, 6.07) is 15.3. The molecule has 29 heavy (non-hydrogen) atoms. The number of anilines is 3. The van der Waals surface area contributed by atoms with E-state index in [4.69, 9.17) is 4.42 Å². The van der Waals surface area contributed by atoms with Gasteiger partial charge >= 0.3 is 0 Å². The molecule has 3 aromatic rings. The second kappa shape index (κ2) is 8.82. The van der Waals surface area contributed by atoms with E-state index < -0.39 is 0 Å². The van der Waals surface area contributed by atoms with Gasteiger partial charge in [0.2, 0.25) is 0 Å². The smallest absolute Gasteiger partial charge is 0.274 e. The number of hydrogen-bond acceptors (Lipinski definition) is 5. The van der Waals surface area contributed by atoms with Gasteiger partial charge in [-0.15, -0.1) is 0 Å². The number of benzene rings is 1. The molecule has 6 nitrogen and oxygen atoms in total. The molecule has 3 heterocycles. The van der Waals surface area contributed by atoms with Crippen LogP contribution in [0, 0.1) is 5.92 Å². The molecule has 1 amide bonds. The van der Waals surface area contributed by atoms with Crippen molar-refractivity contribution in [2.24, 2.45) is 5.92 Å². The highest BCUT2D eigenvalue weighted by molar-refractivity contribution is 6.03. The van der Waals surface area contributed by atoms with Crippen LogP contribution in [0.25, 0.3) is 0 Å². The Balaban J connectivity index is 1.35. The Hall–Kier alpha value is -3.28. The Labute approximate surface area is 170 Å². The third-order valence-corrected chi connectivity index (χ3v) is 5.31. The van der Waals surface area contributed by atoms with Gasteiger partial charge in [0, 0.05) is 36.3 Å². The van der Waals surface area contributed by atoms with Gasteiger partial charge < -0.3 is 20.0 Å². The molecule has 150 valence electrons. The molecule has 0 saturated carbocycles. The van der Waals surface area contributed by atoms with Crippen LogP contribution in [0.4, 0.5) is 17.1 Å². The summed E-state index contributed by atoms with van der Waals surface area (Å²) < 4.78 is 5.31. The van der Waals surface area contributed by atoms with Crippen LogP contribution in [0.5, 0.6) is 0 Å². The van der Waals surface area contributed by atoms with Crippen molar-refractivity contribution < 1.29 is 9.21 Å². The lowest BCUT2D eigenvalue weighted by molar-refractivity contribution is 0.102. The monoisotopic (exact) mass is 390 g/mol. The van der Waals surface area contributed by atoms with Crippen molar-refractivity contribution in [1.29, 1.82) is 0 Å². The van der Waals surface area contributed by atoms with E-state index in [2.05, 4.69) is 39.6 Å². The van der Waals surface area contributed by atoms with Gasteiger partial charge in [-0.2, -0.15) is 0 Å². The standard InChI is InChI=1S/C23H26N4O2/c1-17-9-12-27(13-10-17)20-6-4-18(5-7-20)26-23(28)22-15-19(8-11-24-22)25-16-21-3-2-14-29-21/h2-8,11,14-15,17H,9-10,12-13,16H2,1H3,(H,24,25)(H,26,28). The van der Waals surface area contributed by atoms with Gasteiger partial charge in [-0.1, -0.05) is 6.92 Å². The fraction of sp³-hybridized carbons (Fsp3) is 0.304. The molecule has 0 spiro atoms. The number of piperidine rings is 1. The van der Waals surface area contributed by atoms with E-state index >= 15 is 0 Å². The van der Waals surface area contributed by atoms with Crippen molar-refractivity contribution >= 4 is 23.0 Å². The number of hydrogen-bond donors (Lipinski definition) is 2. The first kappa shape index (κ1) is 19.1. The molecule has 1 aliphatic heterocycles. The lowest BCUT2D eigenvalue weighted by Crippen LogP contribution is -2.32. The summed E-state index contributed by atoms with van der Waals surface area (Å²) in [7, 11) is 0. The highest BCUT2D eigenvalue weighted by Crippen LogP contribution is 2.24. The predicted octanol–water partition coefficient (Wildman–Crippen LogP) is 4.78. The number of pyridine rings is 1. The SMILES string of the molecule is CC1CCN(c2ccc(NC(=O)c3cc(NCc4ccco4)ccn3)cc2)CC1. The zero-order valence-corrected chi connectivity index (χ0v) is 16.6. The minimum atomic E-state index is -0.230. The largest absolute Gasteiger partial charge is 0.467 e. The summed E-state index contributed by atoms with van der Waals surface area (Å²) in [5.41, 5.74) is 3.15. The van der Waals surface area contributed by atoms with Crippen LogP contribution < -0.4 is 15.5 Å². The van der Waals surface area contributed by atoms with Gasteiger partial charge in [-0.05, 0) is 67.3 Å². The molecule has 1 saturated heterocycles. The summed E-state index contributed by atoms with van der Waals surface area (Å²) in [5, 5.41) is 6.16.